The van der Waals surface area contributed by atoms with Crippen molar-refractivity contribution in [2.24, 2.45) is 10.2 Å². The summed E-state index contributed by atoms with van der Waals surface area (Å²) in [4.78, 5) is 16.8. The topological polar surface area (TPSA) is 60.3 Å². The minimum atomic E-state index is -0.381. The highest BCUT2D eigenvalue weighted by molar-refractivity contribution is 5.76. The Morgan fingerprint density at radius 1 is 1.19 bits per heavy atom. The lowest BCUT2D eigenvalue weighted by Crippen LogP contribution is -2.44. The Balaban J connectivity index is 1.39. The molecule has 0 aliphatic carbocycles. The quantitative estimate of drug-likeness (QED) is 0.730. The molecule has 1 aromatic rings. The van der Waals surface area contributed by atoms with Crippen molar-refractivity contribution in [3.63, 3.8) is 0 Å². The van der Waals surface area contributed by atoms with E-state index in [1.165, 1.54) is 5.69 Å². The van der Waals surface area contributed by atoms with Crippen LogP contribution in [0.25, 0.3) is 0 Å². The number of amides is 1. The number of piperazine rings is 1. The van der Waals surface area contributed by atoms with Gasteiger partial charge in [0, 0.05) is 64.1 Å². The fourth-order valence-corrected chi connectivity index (χ4v) is 3.16. The van der Waals surface area contributed by atoms with Gasteiger partial charge < -0.3 is 15.1 Å². The van der Waals surface area contributed by atoms with Crippen LogP contribution in [0.5, 0.6) is 0 Å². The van der Waals surface area contributed by atoms with E-state index >= 15 is 0 Å². The lowest BCUT2D eigenvalue weighted by Gasteiger charge is -2.34. The number of nitrogens with one attached hydrogen (secondary N) is 1. The highest BCUT2D eigenvalue weighted by atomic mass is 16.1. The third-order valence-corrected chi connectivity index (χ3v) is 5.10. The maximum absolute atomic E-state index is 12.1. The average molecular weight is 353 g/mol. The molecule has 0 bridgehead atoms. The predicted molar refractivity (Wildman–Crippen MR) is 103 cm³/mol. The first kappa shape index (κ1) is 18.4. The molecular weight excluding hydrogens is 326 g/mol. The smallest absolute Gasteiger partial charge is 0.220 e. The molecule has 1 aromatic carbocycles. The highest BCUT2D eigenvalue weighted by Gasteiger charge is 2.39. The summed E-state index contributed by atoms with van der Waals surface area (Å²) in [6, 6.07) is 8.47. The molecule has 26 heavy (non-hydrogen) atoms. The first-order valence-electron chi connectivity index (χ1n) is 9.27. The number of nitrogens with zero attached hydrogens (tertiary/aromatic N) is 4. The summed E-state index contributed by atoms with van der Waals surface area (Å²) in [7, 11) is 2.16. The number of rotatable bonds is 8. The number of carbonyl (C=O) groups excluding carboxylic acids is 1. The van der Waals surface area contributed by atoms with E-state index in [1.54, 1.807) is 0 Å². The molecule has 0 unspecified atom stereocenters. The van der Waals surface area contributed by atoms with Gasteiger partial charge in [0.15, 0.2) is 5.66 Å². The van der Waals surface area contributed by atoms with Gasteiger partial charge in [0.2, 0.25) is 5.91 Å². The molecule has 2 aliphatic heterocycles. The van der Waals surface area contributed by atoms with E-state index in [1.807, 2.05) is 0 Å². The molecule has 1 N–H and O–H groups in total. The zero-order valence-corrected chi connectivity index (χ0v) is 15.4. The number of hydrogen-bond acceptors (Lipinski definition) is 5. The van der Waals surface area contributed by atoms with Crippen LogP contribution in [-0.4, -0.2) is 49.7 Å². The SMILES string of the molecule is C#CCCC1(CCC(=O)NCc2ccc(N3CCN(C)CC3)cc2)N=N1. The Hall–Kier alpha value is -2.39. The summed E-state index contributed by atoms with van der Waals surface area (Å²) in [5.74, 6) is 2.63. The Morgan fingerprint density at radius 2 is 1.88 bits per heavy atom. The van der Waals surface area contributed by atoms with E-state index in [4.69, 9.17) is 6.42 Å². The van der Waals surface area contributed by atoms with Gasteiger partial charge in [-0.25, -0.2) is 0 Å². The van der Waals surface area contributed by atoms with Crippen LogP contribution in [0.4, 0.5) is 5.69 Å². The monoisotopic (exact) mass is 353 g/mol. The first-order valence-corrected chi connectivity index (χ1v) is 9.27. The molecule has 6 nitrogen and oxygen atoms in total. The van der Waals surface area contributed by atoms with E-state index in [0.717, 1.165) is 38.2 Å². The number of carbonyl (C=O) groups is 1. The Bertz CT molecular complexity index is 677. The normalized spacial score (nSPS) is 18.4. The van der Waals surface area contributed by atoms with Crippen LogP contribution < -0.4 is 10.2 Å². The van der Waals surface area contributed by atoms with Gasteiger partial charge >= 0.3 is 0 Å². The first-order chi connectivity index (χ1) is 12.6. The van der Waals surface area contributed by atoms with Crippen molar-refractivity contribution in [1.82, 2.24) is 10.2 Å². The van der Waals surface area contributed by atoms with Crippen LogP contribution in [0.2, 0.25) is 0 Å². The fourth-order valence-electron chi connectivity index (χ4n) is 3.16. The maximum atomic E-state index is 12.1. The van der Waals surface area contributed by atoms with Crippen molar-refractivity contribution in [3.05, 3.63) is 29.8 Å². The van der Waals surface area contributed by atoms with Crippen LogP contribution in [0.3, 0.4) is 0 Å². The van der Waals surface area contributed by atoms with Gasteiger partial charge in [-0.05, 0) is 24.7 Å². The van der Waals surface area contributed by atoms with E-state index in [2.05, 4.69) is 62.6 Å². The van der Waals surface area contributed by atoms with E-state index in [9.17, 15) is 4.79 Å². The Kier molecular flexibility index (Phi) is 5.89. The second-order valence-corrected chi connectivity index (χ2v) is 7.12. The molecule has 1 saturated heterocycles. The zero-order chi connectivity index (χ0) is 18.4. The third kappa shape index (κ3) is 5.06. The summed E-state index contributed by atoms with van der Waals surface area (Å²) in [6.45, 7) is 4.86. The van der Waals surface area contributed by atoms with Crippen molar-refractivity contribution in [1.29, 1.82) is 0 Å². The summed E-state index contributed by atoms with van der Waals surface area (Å²) in [5.41, 5.74) is 1.98. The molecule has 2 aliphatic rings. The van der Waals surface area contributed by atoms with Crippen molar-refractivity contribution >= 4 is 11.6 Å². The van der Waals surface area contributed by atoms with E-state index in [0.29, 0.717) is 25.8 Å². The molecular formula is C20H27N5O. The Labute approximate surface area is 155 Å². The Morgan fingerprint density at radius 3 is 2.50 bits per heavy atom. The molecule has 1 amide bonds. The standard InChI is InChI=1S/C20H27N5O/c1-3-4-10-20(22-23-20)11-9-19(26)21-16-17-5-7-18(8-6-17)25-14-12-24(2)13-15-25/h1,5-8H,4,9-16H2,2H3,(H,21,26). The minimum Gasteiger partial charge on any atom is -0.369 e. The van der Waals surface area contributed by atoms with Crippen LogP contribution in [-0.2, 0) is 11.3 Å². The molecule has 0 saturated carbocycles. The average Bonchev–Trinajstić information content (AvgIpc) is 3.44. The number of anilines is 1. The molecule has 0 spiro atoms. The van der Waals surface area contributed by atoms with E-state index < -0.39 is 0 Å². The summed E-state index contributed by atoms with van der Waals surface area (Å²) >= 11 is 0. The summed E-state index contributed by atoms with van der Waals surface area (Å²) in [6.07, 6.45) is 7.74. The van der Waals surface area contributed by atoms with Crippen LogP contribution >= 0.6 is 0 Å². The zero-order valence-electron chi connectivity index (χ0n) is 15.4. The van der Waals surface area contributed by atoms with Gasteiger partial charge in [-0.1, -0.05) is 12.1 Å². The molecule has 0 radical (unpaired) electrons. The molecule has 0 aromatic heterocycles. The highest BCUT2D eigenvalue weighted by Crippen LogP contribution is 2.37. The van der Waals surface area contributed by atoms with Crippen LogP contribution in [0, 0.1) is 12.3 Å². The van der Waals surface area contributed by atoms with Gasteiger partial charge in [-0.2, -0.15) is 10.2 Å². The lowest BCUT2D eigenvalue weighted by molar-refractivity contribution is -0.121. The minimum absolute atomic E-state index is 0.0329. The summed E-state index contributed by atoms with van der Waals surface area (Å²) < 4.78 is 0. The second kappa shape index (κ2) is 8.33. The summed E-state index contributed by atoms with van der Waals surface area (Å²) in [5, 5.41) is 11.1. The molecule has 1 fully saturated rings. The number of benzene rings is 1. The van der Waals surface area contributed by atoms with Gasteiger partial charge in [0.1, 0.15) is 0 Å². The van der Waals surface area contributed by atoms with Crippen molar-refractivity contribution in [3.8, 4) is 12.3 Å². The van der Waals surface area contributed by atoms with Crippen molar-refractivity contribution in [2.75, 3.05) is 38.1 Å². The molecule has 2 heterocycles. The van der Waals surface area contributed by atoms with Crippen LogP contribution in [0.1, 0.15) is 31.2 Å². The van der Waals surface area contributed by atoms with Gasteiger partial charge in [-0.3, -0.25) is 4.79 Å². The number of terminal acetylenes is 1. The number of likely N-dealkylation sites (N-methyl/N-ethyl adjacent to an activating group) is 1. The lowest BCUT2D eigenvalue weighted by atomic mass is 10.0. The van der Waals surface area contributed by atoms with Crippen molar-refractivity contribution < 1.29 is 4.79 Å². The maximum Gasteiger partial charge on any atom is 0.220 e. The van der Waals surface area contributed by atoms with Gasteiger partial charge in [0.25, 0.3) is 0 Å². The largest absolute Gasteiger partial charge is 0.369 e. The van der Waals surface area contributed by atoms with Crippen molar-refractivity contribution in [2.45, 2.75) is 37.9 Å². The fraction of sp³-hybridized carbons (Fsp3) is 0.550. The molecule has 0 atom stereocenters. The van der Waals surface area contributed by atoms with E-state index in [-0.39, 0.29) is 11.6 Å². The molecule has 6 heteroatoms. The van der Waals surface area contributed by atoms with Gasteiger partial charge in [0.05, 0.1) is 0 Å². The second-order valence-electron chi connectivity index (χ2n) is 7.12. The molecule has 138 valence electrons. The molecule has 3 rings (SSSR count). The predicted octanol–water partition coefficient (Wildman–Crippen LogP) is 2.41. The third-order valence-electron chi connectivity index (χ3n) is 5.10. The van der Waals surface area contributed by atoms with Gasteiger partial charge in [-0.15, -0.1) is 12.3 Å². The van der Waals surface area contributed by atoms with Crippen LogP contribution in [0.15, 0.2) is 34.5 Å². The number of hydrogen-bond donors (Lipinski definition) is 1.